The van der Waals surface area contributed by atoms with E-state index in [-0.39, 0.29) is 0 Å². The van der Waals surface area contributed by atoms with Crippen LogP contribution in [0.25, 0.3) is 0 Å². The largest absolute Gasteiger partial charge is 0.465 e. The van der Waals surface area contributed by atoms with Crippen molar-refractivity contribution in [2.75, 3.05) is 40.0 Å². The molecule has 0 bridgehead atoms. The number of hydrogen-bond donors (Lipinski definition) is 1. The van der Waals surface area contributed by atoms with Gasteiger partial charge in [0.1, 0.15) is 11.5 Å². The highest BCUT2D eigenvalue weighted by molar-refractivity contribution is 5.05. The maximum Gasteiger partial charge on any atom is 0.118 e. The summed E-state index contributed by atoms with van der Waals surface area (Å²) >= 11 is 0. The monoisotopic (exact) mass is 299 g/mol. The van der Waals surface area contributed by atoms with Crippen molar-refractivity contribution in [3.63, 3.8) is 0 Å². The molecule has 0 aromatic carbocycles. The number of furan rings is 1. The molecule has 0 aliphatic rings. The van der Waals surface area contributed by atoms with E-state index in [9.17, 15) is 5.11 Å². The van der Waals surface area contributed by atoms with E-state index in [4.69, 9.17) is 13.9 Å². The predicted octanol–water partition coefficient (Wildman–Crippen LogP) is 2.07. The molecule has 0 saturated carbocycles. The molecule has 0 aliphatic heterocycles. The second-order valence-electron chi connectivity index (χ2n) is 5.83. The molecular weight excluding hydrogens is 270 g/mol. The van der Waals surface area contributed by atoms with Crippen LogP contribution in [0.15, 0.2) is 16.5 Å². The summed E-state index contributed by atoms with van der Waals surface area (Å²) in [5, 5.41) is 10.1. The van der Waals surface area contributed by atoms with Crippen molar-refractivity contribution in [1.29, 1.82) is 0 Å². The second-order valence-corrected chi connectivity index (χ2v) is 5.83. The van der Waals surface area contributed by atoms with Crippen LogP contribution in [0, 0.1) is 12.8 Å². The maximum atomic E-state index is 10.1. The van der Waals surface area contributed by atoms with Crippen LogP contribution in [0.4, 0.5) is 0 Å². The number of nitrogens with zero attached hydrogens (tertiary/aromatic N) is 1. The van der Waals surface area contributed by atoms with Crippen molar-refractivity contribution in [2.45, 2.75) is 33.4 Å². The number of hydrogen-bond acceptors (Lipinski definition) is 5. The molecule has 1 aromatic heterocycles. The highest BCUT2D eigenvalue weighted by atomic mass is 16.5. The lowest BCUT2D eigenvalue weighted by atomic mass is 10.2. The van der Waals surface area contributed by atoms with Crippen molar-refractivity contribution in [3.05, 3.63) is 23.7 Å². The summed E-state index contributed by atoms with van der Waals surface area (Å²) in [5.74, 6) is 2.28. The zero-order chi connectivity index (χ0) is 15.7. The Morgan fingerprint density at radius 1 is 1.29 bits per heavy atom. The molecule has 0 aliphatic carbocycles. The van der Waals surface area contributed by atoms with Gasteiger partial charge in [-0.05, 0) is 25.0 Å². The van der Waals surface area contributed by atoms with Crippen LogP contribution in [-0.2, 0) is 16.0 Å². The van der Waals surface area contributed by atoms with Gasteiger partial charge in [-0.25, -0.2) is 0 Å². The van der Waals surface area contributed by atoms with Gasteiger partial charge in [0.2, 0.25) is 0 Å². The lowest BCUT2D eigenvalue weighted by molar-refractivity contribution is 0.00232. The van der Waals surface area contributed by atoms with E-state index in [0.717, 1.165) is 18.1 Å². The van der Waals surface area contributed by atoms with Crippen molar-refractivity contribution >= 4 is 0 Å². The third-order valence-electron chi connectivity index (χ3n) is 3.02. The molecule has 122 valence electrons. The zero-order valence-electron chi connectivity index (χ0n) is 13.7. The average Bonchev–Trinajstić information content (AvgIpc) is 2.81. The van der Waals surface area contributed by atoms with Crippen LogP contribution in [0.3, 0.4) is 0 Å². The summed E-state index contributed by atoms with van der Waals surface area (Å²) in [6.45, 7) is 9.73. The molecule has 0 radical (unpaired) electrons. The van der Waals surface area contributed by atoms with Crippen LogP contribution in [0.2, 0.25) is 0 Å². The van der Waals surface area contributed by atoms with Gasteiger partial charge in [-0.3, -0.25) is 4.90 Å². The average molecular weight is 299 g/mol. The van der Waals surface area contributed by atoms with Crippen LogP contribution in [-0.4, -0.2) is 56.1 Å². The van der Waals surface area contributed by atoms with Gasteiger partial charge in [0, 0.05) is 26.8 Å². The van der Waals surface area contributed by atoms with Gasteiger partial charge in [0.05, 0.1) is 25.9 Å². The lowest BCUT2D eigenvalue weighted by Crippen LogP contribution is -2.36. The third-order valence-corrected chi connectivity index (χ3v) is 3.02. The minimum atomic E-state index is -0.503. The molecule has 0 fully saturated rings. The van der Waals surface area contributed by atoms with Gasteiger partial charge in [0.25, 0.3) is 0 Å². The third kappa shape index (κ3) is 8.21. The molecule has 21 heavy (non-hydrogen) atoms. The molecule has 1 heterocycles. The van der Waals surface area contributed by atoms with Crippen molar-refractivity contribution < 1.29 is 19.0 Å². The summed E-state index contributed by atoms with van der Waals surface area (Å²) in [5.41, 5.74) is 0. The van der Waals surface area contributed by atoms with E-state index in [1.807, 2.05) is 19.1 Å². The molecule has 0 amide bonds. The molecule has 5 heteroatoms. The Balaban J connectivity index is 2.41. The standard InChI is InChI=1S/C16H29NO4/c1-13(2)11-20-12-15(18)9-17(7-8-19-4)10-16-6-5-14(3)21-16/h5-6,13,15,18H,7-12H2,1-4H3. The van der Waals surface area contributed by atoms with Crippen molar-refractivity contribution in [3.8, 4) is 0 Å². The highest BCUT2D eigenvalue weighted by Crippen LogP contribution is 2.10. The number of aryl methyl sites for hydroxylation is 1. The molecule has 1 N–H and O–H groups in total. The molecule has 5 nitrogen and oxygen atoms in total. The van der Waals surface area contributed by atoms with E-state index in [1.165, 1.54) is 0 Å². The van der Waals surface area contributed by atoms with Crippen LogP contribution < -0.4 is 0 Å². The fourth-order valence-corrected chi connectivity index (χ4v) is 2.04. The smallest absolute Gasteiger partial charge is 0.118 e. The summed E-state index contributed by atoms with van der Waals surface area (Å²) in [4.78, 5) is 2.12. The second kappa shape index (κ2) is 9.95. The predicted molar refractivity (Wildman–Crippen MR) is 82.3 cm³/mol. The van der Waals surface area contributed by atoms with Crippen LogP contribution >= 0.6 is 0 Å². The van der Waals surface area contributed by atoms with E-state index in [0.29, 0.717) is 38.8 Å². The number of aliphatic hydroxyl groups excluding tert-OH is 1. The van der Waals surface area contributed by atoms with E-state index < -0.39 is 6.10 Å². The Morgan fingerprint density at radius 3 is 2.62 bits per heavy atom. The first-order chi connectivity index (χ1) is 10.0. The van der Waals surface area contributed by atoms with E-state index in [1.54, 1.807) is 7.11 Å². The molecule has 1 rings (SSSR count). The fourth-order valence-electron chi connectivity index (χ4n) is 2.04. The molecule has 1 atom stereocenters. The quantitative estimate of drug-likeness (QED) is 0.678. The summed E-state index contributed by atoms with van der Waals surface area (Å²) < 4.78 is 16.2. The minimum absolute atomic E-state index is 0.360. The lowest BCUT2D eigenvalue weighted by Gasteiger charge is -2.24. The van der Waals surface area contributed by atoms with E-state index in [2.05, 4.69) is 18.7 Å². The summed E-state index contributed by atoms with van der Waals surface area (Å²) in [6.07, 6.45) is -0.503. The van der Waals surface area contributed by atoms with Gasteiger partial charge in [-0.2, -0.15) is 0 Å². The fraction of sp³-hybridized carbons (Fsp3) is 0.750. The Kier molecular flexibility index (Phi) is 8.61. The molecule has 0 saturated heterocycles. The first-order valence-electron chi connectivity index (χ1n) is 7.53. The molecule has 1 unspecified atom stereocenters. The maximum absolute atomic E-state index is 10.1. The SMILES string of the molecule is COCCN(Cc1ccc(C)o1)CC(O)COCC(C)C. The summed E-state index contributed by atoms with van der Waals surface area (Å²) in [7, 11) is 1.68. The topological polar surface area (TPSA) is 55.1 Å². The van der Waals surface area contributed by atoms with Crippen LogP contribution in [0.5, 0.6) is 0 Å². The Morgan fingerprint density at radius 2 is 2.05 bits per heavy atom. The Bertz CT molecular complexity index is 378. The Labute approximate surface area is 127 Å². The molecule has 0 spiro atoms. The number of aliphatic hydroxyl groups is 1. The Hall–Kier alpha value is -0.880. The highest BCUT2D eigenvalue weighted by Gasteiger charge is 2.14. The number of ether oxygens (including phenoxy) is 2. The van der Waals surface area contributed by atoms with Gasteiger partial charge in [-0.1, -0.05) is 13.8 Å². The van der Waals surface area contributed by atoms with Crippen molar-refractivity contribution in [2.24, 2.45) is 5.92 Å². The number of methoxy groups -OCH3 is 1. The number of rotatable bonds is 11. The zero-order valence-corrected chi connectivity index (χ0v) is 13.7. The van der Waals surface area contributed by atoms with Gasteiger partial charge in [0.15, 0.2) is 0 Å². The van der Waals surface area contributed by atoms with Crippen molar-refractivity contribution in [1.82, 2.24) is 4.90 Å². The minimum Gasteiger partial charge on any atom is -0.465 e. The van der Waals surface area contributed by atoms with Gasteiger partial charge < -0.3 is 19.0 Å². The first-order valence-corrected chi connectivity index (χ1v) is 7.53. The normalized spacial score (nSPS) is 13.3. The summed E-state index contributed by atoms with van der Waals surface area (Å²) in [6, 6.07) is 3.92. The molecular formula is C16H29NO4. The first kappa shape index (κ1) is 18.2. The molecule has 1 aromatic rings. The van der Waals surface area contributed by atoms with Crippen LogP contribution in [0.1, 0.15) is 25.4 Å². The van der Waals surface area contributed by atoms with E-state index >= 15 is 0 Å². The van der Waals surface area contributed by atoms with Gasteiger partial charge in [-0.15, -0.1) is 0 Å². The van der Waals surface area contributed by atoms with Gasteiger partial charge >= 0.3 is 0 Å².